The first-order chi connectivity index (χ1) is 14.0. The zero-order valence-corrected chi connectivity index (χ0v) is 16.4. The second-order valence-corrected chi connectivity index (χ2v) is 6.57. The number of hydrogen-bond acceptors (Lipinski definition) is 4. The largest absolute Gasteiger partial charge is 0.496 e. The maximum Gasteiger partial charge on any atom is 0.316 e. The van der Waals surface area contributed by atoms with E-state index < -0.39 is 11.1 Å². The van der Waals surface area contributed by atoms with Gasteiger partial charge in [0, 0.05) is 23.6 Å². The number of benzene rings is 2. The lowest BCUT2D eigenvalue weighted by Crippen LogP contribution is -2.42. The van der Waals surface area contributed by atoms with E-state index in [1.54, 1.807) is 13.2 Å². The molecule has 7 nitrogen and oxygen atoms in total. The Morgan fingerprint density at radius 2 is 1.62 bits per heavy atom. The number of nitrogens with one attached hydrogen (secondary N) is 1. The quantitative estimate of drug-likeness (QED) is 0.625. The minimum atomic E-state index is -0.751. The monoisotopic (exact) mass is 393 g/mol. The van der Waals surface area contributed by atoms with Gasteiger partial charge in [-0.25, -0.2) is 0 Å². The Labute approximate surface area is 168 Å². The van der Waals surface area contributed by atoms with Gasteiger partial charge < -0.3 is 14.6 Å². The SMILES string of the molecule is CCc1ccc(NC(=O)Cn2ccn(Cc3ccccc3OC)c(=O)c2=O)cc1. The maximum atomic E-state index is 12.5. The molecule has 1 amide bonds. The Hall–Kier alpha value is -3.61. The van der Waals surface area contributed by atoms with Gasteiger partial charge in [0.1, 0.15) is 12.3 Å². The molecule has 0 saturated heterocycles. The molecule has 0 atom stereocenters. The summed E-state index contributed by atoms with van der Waals surface area (Å²) in [5.41, 5.74) is 1.14. The van der Waals surface area contributed by atoms with Gasteiger partial charge in [-0.05, 0) is 30.2 Å². The molecule has 0 spiro atoms. The van der Waals surface area contributed by atoms with Crippen LogP contribution in [0.4, 0.5) is 5.69 Å². The number of carbonyl (C=O) groups is 1. The molecular weight excluding hydrogens is 370 g/mol. The van der Waals surface area contributed by atoms with Gasteiger partial charge in [0.2, 0.25) is 5.91 Å². The first-order valence-electron chi connectivity index (χ1n) is 9.32. The lowest BCUT2D eigenvalue weighted by Gasteiger charge is -2.12. The summed E-state index contributed by atoms with van der Waals surface area (Å²) < 4.78 is 7.70. The fourth-order valence-electron chi connectivity index (χ4n) is 2.99. The molecule has 3 rings (SSSR count). The molecule has 1 N–H and O–H groups in total. The average Bonchev–Trinajstić information content (AvgIpc) is 2.74. The van der Waals surface area contributed by atoms with Crippen molar-refractivity contribution in [3.05, 3.63) is 92.8 Å². The Kier molecular flexibility index (Phi) is 6.29. The van der Waals surface area contributed by atoms with E-state index in [9.17, 15) is 14.4 Å². The fraction of sp³-hybridized carbons (Fsp3) is 0.227. The fourth-order valence-corrected chi connectivity index (χ4v) is 2.99. The second-order valence-electron chi connectivity index (χ2n) is 6.57. The van der Waals surface area contributed by atoms with Crippen LogP contribution >= 0.6 is 0 Å². The molecule has 0 bridgehead atoms. The third-order valence-corrected chi connectivity index (χ3v) is 4.62. The Balaban J connectivity index is 1.74. The van der Waals surface area contributed by atoms with E-state index in [0.717, 1.165) is 22.1 Å². The van der Waals surface area contributed by atoms with Crippen molar-refractivity contribution in [1.82, 2.24) is 9.13 Å². The van der Waals surface area contributed by atoms with Crippen molar-refractivity contribution in [3.8, 4) is 5.75 Å². The molecule has 1 heterocycles. The first kappa shape index (κ1) is 20.1. The van der Waals surface area contributed by atoms with Gasteiger partial charge in [-0.15, -0.1) is 0 Å². The number of rotatable bonds is 7. The van der Waals surface area contributed by atoms with Crippen molar-refractivity contribution < 1.29 is 9.53 Å². The molecule has 0 aliphatic rings. The second kappa shape index (κ2) is 9.05. The first-order valence-corrected chi connectivity index (χ1v) is 9.32. The summed E-state index contributed by atoms with van der Waals surface area (Å²) in [6.45, 7) is 2.02. The minimum absolute atomic E-state index is 0.203. The third-order valence-electron chi connectivity index (χ3n) is 4.62. The molecule has 3 aromatic rings. The van der Waals surface area contributed by atoms with Crippen LogP contribution in [0, 0.1) is 0 Å². The Morgan fingerprint density at radius 3 is 2.31 bits per heavy atom. The molecule has 0 aliphatic heterocycles. The van der Waals surface area contributed by atoms with Crippen LogP contribution in [0.5, 0.6) is 5.75 Å². The molecule has 0 saturated carbocycles. The lowest BCUT2D eigenvalue weighted by molar-refractivity contribution is -0.116. The van der Waals surface area contributed by atoms with E-state index in [1.165, 1.54) is 17.0 Å². The molecule has 1 aromatic heterocycles. The third kappa shape index (κ3) is 4.82. The van der Waals surface area contributed by atoms with Crippen LogP contribution in [0.25, 0.3) is 0 Å². The number of methoxy groups -OCH3 is 1. The summed E-state index contributed by atoms with van der Waals surface area (Å²) in [5.74, 6) is 0.260. The summed E-state index contributed by atoms with van der Waals surface area (Å²) in [4.78, 5) is 37.1. The molecule has 150 valence electrons. The molecule has 7 heteroatoms. The van der Waals surface area contributed by atoms with Crippen LogP contribution in [-0.2, 0) is 24.3 Å². The van der Waals surface area contributed by atoms with Crippen LogP contribution in [0.15, 0.2) is 70.5 Å². The van der Waals surface area contributed by atoms with Gasteiger partial charge in [0.15, 0.2) is 0 Å². The molecule has 0 unspecified atom stereocenters. The maximum absolute atomic E-state index is 12.5. The zero-order chi connectivity index (χ0) is 20.8. The van der Waals surface area contributed by atoms with Crippen molar-refractivity contribution in [3.63, 3.8) is 0 Å². The Morgan fingerprint density at radius 1 is 0.966 bits per heavy atom. The predicted molar refractivity (Wildman–Crippen MR) is 112 cm³/mol. The molecule has 0 radical (unpaired) electrons. The number of para-hydroxylation sites is 1. The predicted octanol–water partition coefficient (Wildman–Crippen LogP) is 2.27. The van der Waals surface area contributed by atoms with Crippen molar-refractivity contribution >= 4 is 11.6 Å². The van der Waals surface area contributed by atoms with Gasteiger partial charge in [-0.1, -0.05) is 37.3 Å². The van der Waals surface area contributed by atoms with E-state index in [-0.39, 0.29) is 19.0 Å². The number of amides is 1. The van der Waals surface area contributed by atoms with Crippen molar-refractivity contribution in [2.75, 3.05) is 12.4 Å². The molecular formula is C22H23N3O4. The summed E-state index contributed by atoms with van der Waals surface area (Å²) in [7, 11) is 1.55. The van der Waals surface area contributed by atoms with E-state index in [1.807, 2.05) is 42.5 Å². The summed E-state index contributed by atoms with van der Waals surface area (Å²) in [6.07, 6.45) is 3.85. The van der Waals surface area contributed by atoms with Crippen molar-refractivity contribution in [2.45, 2.75) is 26.4 Å². The van der Waals surface area contributed by atoms with Gasteiger partial charge in [-0.3, -0.25) is 19.0 Å². The van der Waals surface area contributed by atoms with Crippen LogP contribution in [0.1, 0.15) is 18.1 Å². The van der Waals surface area contributed by atoms with Crippen LogP contribution < -0.4 is 21.2 Å². The molecule has 0 aliphatic carbocycles. The number of hydrogen-bond donors (Lipinski definition) is 1. The van der Waals surface area contributed by atoms with Gasteiger partial charge in [-0.2, -0.15) is 0 Å². The van der Waals surface area contributed by atoms with E-state index in [0.29, 0.717) is 11.4 Å². The molecule has 0 fully saturated rings. The highest BCUT2D eigenvalue weighted by Gasteiger charge is 2.11. The topological polar surface area (TPSA) is 82.3 Å². The zero-order valence-electron chi connectivity index (χ0n) is 16.4. The van der Waals surface area contributed by atoms with Crippen LogP contribution in [0.3, 0.4) is 0 Å². The van der Waals surface area contributed by atoms with Crippen LogP contribution in [-0.4, -0.2) is 22.2 Å². The van der Waals surface area contributed by atoms with Crippen LogP contribution in [0.2, 0.25) is 0 Å². The summed E-state index contributed by atoms with van der Waals surface area (Å²) in [5, 5.41) is 2.73. The normalized spacial score (nSPS) is 10.6. The molecule has 29 heavy (non-hydrogen) atoms. The van der Waals surface area contributed by atoms with Gasteiger partial charge >= 0.3 is 11.1 Å². The van der Waals surface area contributed by atoms with Gasteiger partial charge in [0.25, 0.3) is 0 Å². The average molecular weight is 393 g/mol. The summed E-state index contributed by atoms with van der Waals surface area (Å²) in [6, 6.07) is 14.8. The lowest BCUT2D eigenvalue weighted by atomic mass is 10.1. The number of aromatic nitrogens is 2. The number of anilines is 1. The standard InChI is InChI=1S/C22H23N3O4/c1-3-16-8-10-18(11-9-16)23-20(26)15-25-13-12-24(21(27)22(25)28)14-17-6-4-5-7-19(17)29-2/h4-13H,3,14-15H2,1-2H3,(H,23,26). The number of ether oxygens (including phenoxy) is 1. The number of aryl methyl sites for hydroxylation is 1. The minimum Gasteiger partial charge on any atom is -0.496 e. The molecule has 2 aromatic carbocycles. The van der Waals surface area contributed by atoms with E-state index >= 15 is 0 Å². The van der Waals surface area contributed by atoms with Gasteiger partial charge in [0.05, 0.1) is 13.7 Å². The van der Waals surface area contributed by atoms with Crippen molar-refractivity contribution in [1.29, 1.82) is 0 Å². The highest BCUT2D eigenvalue weighted by Crippen LogP contribution is 2.17. The highest BCUT2D eigenvalue weighted by atomic mass is 16.5. The highest BCUT2D eigenvalue weighted by molar-refractivity contribution is 5.90. The van der Waals surface area contributed by atoms with E-state index in [2.05, 4.69) is 12.2 Å². The van der Waals surface area contributed by atoms with E-state index in [4.69, 9.17) is 4.74 Å². The Bertz CT molecular complexity index is 1110. The smallest absolute Gasteiger partial charge is 0.316 e. The number of nitrogens with zero attached hydrogens (tertiary/aromatic N) is 2. The number of carbonyl (C=O) groups excluding carboxylic acids is 1. The van der Waals surface area contributed by atoms with Crippen molar-refractivity contribution in [2.24, 2.45) is 0 Å². The summed E-state index contributed by atoms with van der Waals surface area (Å²) >= 11 is 0.